The first kappa shape index (κ1) is 15.8. The minimum atomic E-state index is -3.07. The van der Waals surface area contributed by atoms with E-state index in [1.165, 1.54) is 12.1 Å². The lowest BCUT2D eigenvalue weighted by Gasteiger charge is -2.26. The Hall–Kier alpha value is -1.60. The highest BCUT2D eigenvalue weighted by Gasteiger charge is 2.40. The minimum Gasteiger partial charge on any atom is -0.508 e. The van der Waals surface area contributed by atoms with Crippen LogP contribution in [0.25, 0.3) is 0 Å². The molecule has 1 aromatic carbocycles. The number of aromatic hydroxyl groups is 1. The summed E-state index contributed by atoms with van der Waals surface area (Å²) in [4.78, 5) is 12.1. The first-order chi connectivity index (χ1) is 9.69. The largest absolute Gasteiger partial charge is 0.508 e. The van der Waals surface area contributed by atoms with Crippen LogP contribution in [0.5, 0.6) is 5.75 Å². The molecule has 1 unspecified atom stereocenters. The molecule has 1 fully saturated rings. The summed E-state index contributed by atoms with van der Waals surface area (Å²) in [6.07, 6.45) is 0.738. The predicted octanol–water partition coefficient (Wildman–Crippen LogP) is -0.0446. The van der Waals surface area contributed by atoms with E-state index in [2.05, 4.69) is 5.32 Å². The molecule has 2 atom stereocenters. The summed E-state index contributed by atoms with van der Waals surface area (Å²) in [7, 11) is -3.07. The second kappa shape index (κ2) is 5.65. The van der Waals surface area contributed by atoms with Crippen LogP contribution in [-0.2, 0) is 21.1 Å². The van der Waals surface area contributed by atoms with Crippen molar-refractivity contribution in [3.63, 3.8) is 0 Å². The number of carbonyl (C=O) groups excluding carboxylic acids is 1. The normalized spacial score (nSPS) is 25.4. The molecule has 1 aromatic rings. The molecule has 0 spiro atoms. The van der Waals surface area contributed by atoms with Crippen molar-refractivity contribution in [2.75, 3.05) is 11.5 Å². The van der Waals surface area contributed by atoms with Crippen LogP contribution < -0.4 is 11.1 Å². The van der Waals surface area contributed by atoms with Gasteiger partial charge in [-0.15, -0.1) is 0 Å². The summed E-state index contributed by atoms with van der Waals surface area (Å²) in [6.45, 7) is 1.72. The second-order valence-electron chi connectivity index (χ2n) is 5.87. The first-order valence-electron chi connectivity index (χ1n) is 6.75. The monoisotopic (exact) mass is 312 g/mol. The Balaban J connectivity index is 1.95. The third kappa shape index (κ3) is 4.18. The Labute approximate surface area is 124 Å². The van der Waals surface area contributed by atoms with E-state index >= 15 is 0 Å². The molecule has 4 N–H and O–H groups in total. The number of hydrogen-bond acceptors (Lipinski definition) is 5. The molecule has 0 saturated carbocycles. The molecule has 0 bridgehead atoms. The Morgan fingerprint density at radius 3 is 2.57 bits per heavy atom. The van der Waals surface area contributed by atoms with Gasteiger partial charge in [0.15, 0.2) is 9.84 Å². The fourth-order valence-electron chi connectivity index (χ4n) is 2.48. The minimum absolute atomic E-state index is 0.0440. The van der Waals surface area contributed by atoms with Crippen LogP contribution in [0.4, 0.5) is 0 Å². The lowest BCUT2D eigenvalue weighted by atomic mass is 10.00. The maximum Gasteiger partial charge on any atom is 0.237 e. The number of benzene rings is 1. The van der Waals surface area contributed by atoms with Gasteiger partial charge in [-0.3, -0.25) is 4.79 Å². The van der Waals surface area contributed by atoms with Gasteiger partial charge in [-0.1, -0.05) is 12.1 Å². The van der Waals surface area contributed by atoms with Crippen molar-refractivity contribution >= 4 is 15.7 Å². The van der Waals surface area contributed by atoms with E-state index in [0.29, 0.717) is 12.8 Å². The van der Waals surface area contributed by atoms with Gasteiger partial charge in [0.05, 0.1) is 23.1 Å². The zero-order valence-electron chi connectivity index (χ0n) is 11.9. The van der Waals surface area contributed by atoms with Crippen molar-refractivity contribution < 1.29 is 18.3 Å². The summed E-state index contributed by atoms with van der Waals surface area (Å²) in [5.41, 5.74) is 5.97. The van der Waals surface area contributed by atoms with Gasteiger partial charge in [0.1, 0.15) is 5.75 Å². The lowest BCUT2D eigenvalue weighted by molar-refractivity contribution is -0.123. The highest BCUT2D eigenvalue weighted by Crippen LogP contribution is 2.23. The first-order valence-corrected chi connectivity index (χ1v) is 8.57. The van der Waals surface area contributed by atoms with Crippen molar-refractivity contribution in [3.05, 3.63) is 29.8 Å². The number of phenolic OH excluding ortho intramolecular Hbond substituents is 1. The number of nitrogens with two attached hydrogens (primary N) is 1. The summed E-state index contributed by atoms with van der Waals surface area (Å²) in [6, 6.07) is 5.71. The molecule has 116 valence electrons. The van der Waals surface area contributed by atoms with Crippen molar-refractivity contribution in [2.45, 2.75) is 31.3 Å². The van der Waals surface area contributed by atoms with Gasteiger partial charge in [0.2, 0.25) is 5.91 Å². The quantitative estimate of drug-likeness (QED) is 0.722. The number of hydrogen-bond donors (Lipinski definition) is 3. The molecular formula is C14H20N2O4S. The van der Waals surface area contributed by atoms with Crippen molar-refractivity contribution in [1.29, 1.82) is 0 Å². The molecule has 21 heavy (non-hydrogen) atoms. The van der Waals surface area contributed by atoms with Gasteiger partial charge in [0, 0.05) is 0 Å². The molecule has 1 heterocycles. The van der Waals surface area contributed by atoms with Gasteiger partial charge < -0.3 is 16.2 Å². The molecule has 7 heteroatoms. The third-order valence-electron chi connectivity index (χ3n) is 3.66. The Morgan fingerprint density at radius 2 is 2.05 bits per heavy atom. The average Bonchev–Trinajstić information content (AvgIpc) is 2.66. The number of rotatable bonds is 4. The molecule has 0 aliphatic carbocycles. The maximum atomic E-state index is 12.1. The average molecular weight is 312 g/mol. The topological polar surface area (TPSA) is 109 Å². The zero-order chi connectivity index (χ0) is 15.7. The van der Waals surface area contributed by atoms with Crippen LogP contribution in [0.3, 0.4) is 0 Å². The fourth-order valence-corrected chi connectivity index (χ4v) is 4.57. The number of phenols is 1. The number of nitrogens with one attached hydrogen (secondary N) is 1. The van der Waals surface area contributed by atoms with Crippen LogP contribution in [0, 0.1) is 0 Å². The highest BCUT2D eigenvalue weighted by molar-refractivity contribution is 7.91. The molecule has 1 amide bonds. The van der Waals surface area contributed by atoms with Crippen LogP contribution in [0.15, 0.2) is 24.3 Å². The van der Waals surface area contributed by atoms with Crippen LogP contribution in [0.2, 0.25) is 0 Å². The SMILES string of the molecule is CC1(NC(=O)[C@H](N)Cc2ccc(O)cc2)CCS(=O)(=O)C1. The molecule has 1 aliphatic rings. The second-order valence-corrected chi connectivity index (χ2v) is 8.05. The Kier molecular flexibility index (Phi) is 4.25. The molecule has 6 nitrogen and oxygen atoms in total. The number of sulfone groups is 1. The van der Waals surface area contributed by atoms with Crippen LogP contribution in [0.1, 0.15) is 18.9 Å². The van der Waals surface area contributed by atoms with E-state index in [1.54, 1.807) is 19.1 Å². The lowest BCUT2D eigenvalue weighted by Crippen LogP contribution is -2.53. The van der Waals surface area contributed by atoms with E-state index in [0.717, 1.165) is 5.56 Å². The summed E-state index contributed by atoms with van der Waals surface area (Å²) >= 11 is 0. The molecule has 0 radical (unpaired) electrons. The van der Waals surface area contributed by atoms with Gasteiger partial charge in [-0.05, 0) is 37.5 Å². The zero-order valence-corrected chi connectivity index (χ0v) is 12.7. The predicted molar refractivity (Wildman–Crippen MR) is 79.6 cm³/mol. The van der Waals surface area contributed by atoms with Crippen molar-refractivity contribution in [2.24, 2.45) is 5.73 Å². The Bertz CT molecular complexity index is 627. The number of amides is 1. The molecule has 1 saturated heterocycles. The van der Waals surface area contributed by atoms with Crippen LogP contribution in [-0.4, -0.2) is 42.5 Å². The van der Waals surface area contributed by atoms with E-state index in [9.17, 15) is 18.3 Å². The van der Waals surface area contributed by atoms with E-state index in [4.69, 9.17) is 5.73 Å². The van der Waals surface area contributed by atoms with Gasteiger partial charge in [-0.25, -0.2) is 8.42 Å². The van der Waals surface area contributed by atoms with E-state index in [1.807, 2.05) is 0 Å². The Morgan fingerprint density at radius 1 is 1.43 bits per heavy atom. The molecule has 2 rings (SSSR count). The summed E-state index contributed by atoms with van der Waals surface area (Å²) in [5, 5.41) is 12.0. The third-order valence-corrected chi connectivity index (χ3v) is 5.56. The molecule has 0 aromatic heterocycles. The van der Waals surface area contributed by atoms with Crippen molar-refractivity contribution in [3.8, 4) is 5.75 Å². The summed E-state index contributed by atoms with van der Waals surface area (Å²) < 4.78 is 23.0. The summed E-state index contributed by atoms with van der Waals surface area (Å²) in [5.74, 6) is -0.155. The van der Waals surface area contributed by atoms with Crippen LogP contribution >= 0.6 is 0 Å². The maximum absolute atomic E-state index is 12.1. The van der Waals surface area contributed by atoms with Gasteiger partial charge in [0.25, 0.3) is 0 Å². The number of carbonyl (C=O) groups is 1. The smallest absolute Gasteiger partial charge is 0.237 e. The van der Waals surface area contributed by atoms with Gasteiger partial charge in [-0.2, -0.15) is 0 Å². The van der Waals surface area contributed by atoms with E-state index < -0.39 is 21.4 Å². The highest BCUT2D eigenvalue weighted by atomic mass is 32.2. The van der Waals surface area contributed by atoms with E-state index in [-0.39, 0.29) is 23.2 Å². The van der Waals surface area contributed by atoms with Crippen molar-refractivity contribution in [1.82, 2.24) is 5.32 Å². The molecule has 1 aliphatic heterocycles. The van der Waals surface area contributed by atoms with Gasteiger partial charge >= 0.3 is 0 Å². The molecular weight excluding hydrogens is 292 g/mol. The fraction of sp³-hybridized carbons (Fsp3) is 0.500. The standard InChI is InChI=1S/C14H20N2O4S/c1-14(6-7-21(19,20)9-14)16-13(18)12(15)8-10-2-4-11(17)5-3-10/h2-5,12,17H,6-9,15H2,1H3,(H,16,18)/t12-,14?/m1/s1.